The minimum absolute atomic E-state index is 0. The van der Waals surface area contributed by atoms with Gasteiger partial charge in [0.25, 0.3) is 0 Å². The Kier molecular flexibility index (Phi) is 4.71. The zero-order valence-corrected chi connectivity index (χ0v) is 10.00. The molecule has 92 valence electrons. The van der Waals surface area contributed by atoms with Gasteiger partial charge in [0.15, 0.2) is 0 Å². The molecule has 1 unspecified atom stereocenters. The van der Waals surface area contributed by atoms with Crippen LogP contribution in [0.3, 0.4) is 0 Å². The Labute approximate surface area is 102 Å². The van der Waals surface area contributed by atoms with E-state index in [-0.39, 0.29) is 7.24 Å². The largest absolute Gasteiger partial charge is 0.448 e. The summed E-state index contributed by atoms with van der Waals surface area (Å²) in [5.74, 6) is 0.954. The summed E-state index contributed by atoms with van der Waals surface area (Å²) in [4.78, 5) is 11.1. The van der Waals surface area contributed by atoms with Crippen LogP contribution in [0.15, 0.2) is 18.2 Å². The number of carbonyl (C=O) groups excluding carboxylic acids is 1. The van der Waals surface area contributed by atoms with Crippen molar-refractivity contribution in [1.29, 1.82) is 0 Å². The van der Waals surface area contributed by atoms with Crippen LogP contribution in [0.4, 0.5) is 4.39 Å². The lowest BCUT2D eigenvalue weighted by Gasteiger charge is -2.16. The molecule has 0 aliphatic rings. The molecule has 2 nitrogen and oxygen atoms in total. The number of carbonyl (C=O) groups is 1. The molecule has 0 N–H and O–H groups in total. The first-order valence-electron chi connectivity index (χ1n) is 5.51. The fourth-order valence-electron chi connectivity index (χ4n) is 1.59. The summed E-state index contributed by atoms with van der Waals surface area (Å²) in [5.41, 5.74) is 1.30. The fraction of sp³-hybridized carbons (Fsp3) is 0.357. The molecular weight excluding hydrogens is 219 g/mol. The molecule has 0 bridgehead atoms. The number of hydrogen-bond donors (Lipinski definition) is 0. The molecule has 0 radical (unpaired) electrons. The van der Waals surface area contributed by atoms with E-state index >= 15 is 0 Å². The van der Waals surface area contributed by atoms with Gasteiger partial charge in [-0.15, -0.1) is 6.42 Å². The van der Waals surface area contributed by atoms with Crippen molar-refractivity contribution in [2.75, 3.05) is 0 Å². The monoisotopic (exact) mass is 236 g/mol. The Morgan fingerprint density at radius 1 is 1.65 bits per heavy atom. The quantitative estimate of drug-likeness (QED) is 0.455. The number of halogens is 1. The molecule has 0 saturated carbocycles. The molecule has 0 aliphatic heterocycles. The van der Waals surface area contributed by atoms with E-state index in [1.54, 1.807) is 19.1 Å². The molecule has 1 rings (SSSR count). The van der Waals surface area contributed by atoms with E-state index in [1.807, 2.05) is 12.8 Å². The molecule has 0 amide bonds. The second-order valence-corrected chi connectivity index (χ2v) is 3.84. The van der Waals surface area contributed by atoms with Crippen LogP contribution in [0.5, 0.6) is 0 Å². The van der Waals surface area contributed by atoms with Crippen molar-refractivity contribution in [2.24, 2.45) is 0 Å². The van der Waals surface area contributed by atoms with Crippen LogP contribution in [-0.4, -0.2) is 5.97 Å². The highest BCUT2D eigenvalue weighted by atomic mass is 19.1. The summed E-state index contributed by atoms with van der Waals surface area (Å²) in [7, 11) is 0. The number of esters is 1. The molecule has 1 aromatic carbocycles. The molecule has 17 heavy (non-hydrogen) atoms. The smallest absolute Gasteiger partial charge is 0.384 e. The van der Waals surface area contributed by atoms with Gasteiger partial charge in [-0.1, -0.05) is 19.4 Å². The lowest BCUT2D eigenvalue weighted by molar-refractivity contribution is -0.142. The predicted molar refractivity (Wildman–Crippen MR) is 65.8 cm³/mol. The minimum Gasteiger partial charge on any atom is -0.448 e. The summed E-state index contributed by atoms with van der Waals surface area (Å²) < 4.78 is 18.3. The first kappa shape index (κ1) is 13.2. The molecule has 0 saturated heterocycles. The van der Waals surface area contributed by atoms with Crippen LogP contribution >= 0.6 is 0 Å². The molecule has 3 heteroatoms. The number of hydrogen-bond acceptors (Lipinski definition) is 2. The van der Waals surface area contributed by atoms with Crippen molar-refractivity contribution in [3.05, 3.63) is 35.1 Å². The first-order chi connectivity index (χ1) is 8.08. The molecule has 0 fully saturated rings. The maximum atomic E-state index is 13.1. The van der Waals surface area contributed by atoms with E-state index in [0.29, 0.717) is 12.0 Å². The maximum absolute atomic E-state index is 13.1. The molecule has 0 aliphatic carbocycles. The summed E-state index contributed by atoms with van der Waals surface area (Å²) in [6.45, 7) is 3.65. The van der Waals surface area contributed by atoms with E-state index in [2.05, 4.69) is 0 Å². The Hall–Kier alpha value is -1.82. The number of rotatable bonds is 4. The predicted octanol–water partition coefficient (Wildman–Crippen LogP) is 3.40. The highest BCUT2D eigenvalue weighted by molar-refractivity contribution is 5.87. The van der Waals surface area contributed by atoms with Crippen LogP contribution in [0.1, 0.15) is 38.4 Å². The Balaban J connectivity index is 0.00000289. The van der Waals surface area contributed by atoms with E-state index in [4.69, 9.17) is 11.2 Å². The molecular formula is C14H17FO2. The van der Waals surface area contributed by atoms with Crippen molar-refractivity contribution >= 4 is 5.97 Å². The second kappa shape index (κ2) is 6.05. The lowest BCUT2D eigenvalue weighted by atomic mass is 10.0. The molecule has 0 heterocycles. The third-order valence-electron chi connectivity index (χ3n) is 2.47. The zero-order valence-electron chi connectivity index (χ0n) is 10.00. The third-order valence-corrected chi connectivity index (χ3v) is 2.47. The van der Waals surface area contributed by atoms with Gasteiger partial charge in [-0.3, -0.25) is 0 Å². The lowest BCUT2D eigenvalue weighted by Crippen LogP contribution is -2.10. The van der Waals surface area contributed by atoms with Gasteiger partial charge in [0.1, 0.15) is 11.9 Å². The Morgan fingerprint density at radius 3 is 2.88 bits per heavy atom. The van der Waals surface area contributed by atoms with Gasteiger partial charge in [-0.25, -0.2) is 9.18 Å². The Morgan fingerprint density at radius 2 is 2.35 bits per heavy atom. The van der Waals surface area contributed by atoms with Crippen molar-refractivity contribution in [2.45, 2.75) is 32.8 Å². The average Bonchev–Trinajstić information content (AvgIpc) is 2.32. The van der Waals surface area contributed by atoms with E-state index in [9.17, 15) is 9.18 Å². The van der Waals surface area contributed by atoms with Crippen LogP contribution in [0.25, 0.3) is 0 Å². The summed E-state index contributed by atoms with van der Waals surface area (Å²) in [6.07, 6.45) is 6.08. The summed E-state index contributed by atoms with van der Waals surface area (Å²) >= 11 is 0. The van der Waals surface area contributed by atoms with E-state index < -0.39 is 12.1 Å². The second-order valence-electron chi connectivity index (χ2n) is 3.84. The van der Waals surface area contributed by atoms with Gasteiger partial charge in [0.2, 0.25) is 0 Å². The summed E-state index contributed by atoms with van der Waals surface area (Å²) in [6, 6.07) is 4.67. The van der Waals surface area contributed by atoms with Gasteiger partial charge >= 0.3 is 5.97 Å². The van der Waals surface area contributed by atoms with Gasteiger partial charge in [0.05, 0.1) is 0 Å². The number of aryl methyl sites for hydroxylation is 1. The average molecular weight is 236 g/mol. The van der Waals surface area contributed by atoms with Crippen molar-refractivity contribution in [3.63, 3.8) is 0 Å². The number of terminal acetylenes is 1. The van der Waals surface area contributed by atoms with Crippen LogP contribution in [-0.2, 0) is 9.53 Å². The molecule has 1 aromatic rings. The Bertz CT molecular complexity index is 452. The van der Waals surface area contributed by atoms with E-state index in [0.717, 1.165) is 12.0 Å². The topological polar surface area (TPSA) is 26.3 Å². The number of benzene rings is 1. The normalized spacial score (nSPS) is 11.6. The highest BCUT2D eigenvalue weighted by Gasteiger charge is 2.15. The molecule has 0 spiro atoms. The highest BCUT2D eigenvalue weighted by Crippen LogP contribution is 2.24. The SMILES string of the molecule is C#CC(=O)OC(CCC)c1ccc(F)c(C)c1.[HH]. The number of ether oxygens (including phenoxy) is 1. The van der Waals surface area contributed by atoms with Crippen LogP contribution in [0.2, 0.25) is 0 Å². The van der Waals surface area contributed by atoms with Crippen molar-refractivity contribution in [3.8, 4) is 12.3 Å². The van der Waals surface area contributed by atoms with Crippen LogP contribution in [0, 0.1) is 25.1 Å². The van der Waals surface area contributed by atoms with Crippen molar-refractivity contribution in [1.82, 2.24) is 0 Å². The minimum atomic E-state index is -0.689. The fourth-order valence-corrected chi connectivity index (χ4v) is 1.59. The van der Waals surface area contributed by atoms with Crippen molar-refractivity contribution < 1.29 is 15.3 Å². The molecule has 1 atom stereocenters. The van der Waals surface area contributed by atoms with Gasteiger partial charge < -0.3 is 4.74 Å². The molecule has 0 aromatic heterocycles. The van der Waals surface area contributed by atoms with Gasteiger partial charge in [-0.05, 0) is 36.6 Å². The maximum Gasteiger partial charge on any atom is 0.384 e. The summed E-state index contributed by atoms with van der Waals surface area (Å²) in [5, 5.41) is 0. The van der Waals surface area contributed by atoms with Gasteiger partial charge in [0, 0.05) is 7.35 Å². The standard InChI is InChI=1S/C14H15FO2.H2/c1-4-6-13(17-14(16)5-2)11-7-8-12(15)10(3)9-11;/h2,7-9,13H,4,6H2,1,3H3;1H. The van der Waals surface area contributed by atoms with Crippen LogP contribution < -0.4 is 0 Å². The van der Waals surface area contributed by atoms with Gasteiger partial charge in [-0.2, -0.15) is 0 Å². The first-order valence-corrected chi connectivity index (χ1v) is 5.51. The zero-order chi connectivity index (χ0) is 12.8. The van der Waals surface area contributed by atoms with E-state index in [1.165, 1.54) is 6.07 Å². The third kappa shape index (κ3) is 3.60.